The molecular weight excluding hydrogens is 283 g/mol. The SMILES string of the molecule is N#Cc1cc(NCCc2cc(Cl)cc(Cl)c2)ncn1. The average Bonchev–Trinajstić information content (AvgIpc) is 2.38. The Bertz CT molecular complexity index is 602. The quantitative estimate of drug-likeness (QED) is 0.939. The standard InChI is InChI=1S/C13H10Cl2N4/c14-10-3-9(4-11(15)5-10)1-2-17-13-6-12(7-16)18-8-19-13/h3-6,8H,1-2H2,(H,17,18,19). The van der Waals surface area contributed by atoms with Crippen LogP contribution in [0.2, 0.25) is 10.0 Å². The largest absolute Gasteiger partial charge is 0.370 e. The lowest BCUT2D eigenvalue weighted by Gasteiger charge is -2.06. The molecular formula is C13H10Cl2N4. The predicted molar refractivity (Wildman–Crippen MR) is 75.4 cm³/mol. The van der Waals surface area contributed by atoms with Crippen molar-refractivity contribution in [3.05, 3.63) is 51.9 Å². The van der Waals surface area contributed by atoms with Crippen molar-refractivity contribution in [2.24, 2.45) is 0 Å². The van der Waals surface area contributed by atoms with Crippen LogP contribution in [0.4, 0.5) is 5.82 Å². The Hall–Kier alpha value is -1.83. The lowest BCUT2D eigenvalue weighted by molar-refractivity contribution is 0.997. The molecule has 4 nitrogen and oxygen atoms in total. The Morgan fingerprint density at radius 3 is 2.53 bits per heavy atom. The molecule has 19 heavy (non-hydrogen) atoms. The zero-order valence-corrected chi connectivity index (χ0v) is 11.4. The minimum absolute atomic E-state index is 0.336. The number of rotatable bonds is 4. The molecule has 0 unspecified atom stereocenters. The Balaban J connectivity index is 1.94. The summed E-state index contributed by atoms with van der Waals surface area (Å²) in [6, 6.07) is 9.01. The van der Waals surface area contributed by atoms with E-state index in [1.54, 1.807) is 12.1 Å². The van der Waals surface area contributed by atoms with Gasteiger partial charge in [-0.1, -0.05) is 23.2 Å². The third kappa shape index (κ3) is 4.09. The maximum absolute atomic E-state index is 8.73. The van der Waals surface area contributed by atoms with Crippen LogP contribution in [0.3, 0.4) is 0 Å². The number of benzene rings is 1. The molecule has 0 saturated heterocycles. The van der Waals surface area contributed by atoms with Gasteiger partial charge in [0.1, 0.15) is 23.9 Å². The molecule has 96 valence electrons. The van der Waals surface area contributed by atoms with Gasteiger partial charge in [-0.15, -0.1) is 0 Å². The second kappa shape index (κ2) is 6.37. The van der Waals surface area contributed by atoms with E-state index in [9.17, 15) is 0 Å². The van der Waals surface area contributed by atoms with Gasteiger partial charge in [-0.3, -0.25) is 0 Å². The van der Waals surface area contributed by atoms with Gasteiger partial charge in [0, 0.05) is 22.7 Å². The Morgan fingerprint density at radius 2 is 1.84 bits per heavy atom. The summed E-state index contributed by atoms with van der Waals surface area (Å²) >= 11 is 11.8. The van der Waals surface area contributed by atoms with E-state index >= 15 is 0 Å². The van der Waals surface area contributed by atoms with Crippen molar-refractivity contribution in [1.29, 1.82) is 5.26 Å². The van der Waals surface area contributed by atoms with Gasteiger partial charge >= 0.3 is 0 Å². The summed E-state index contributed by atoms with van der Waals surface area (Å²) in [5.74, 6) is 0.625. The number of halogens is 2. The maximum Gasteiger partial charge on any atom is 0.145 e. The molecule has 2 rings (SSSR count). The van der Waals surface area contributed by atoms with E-state index in [1.807, 2.05) is 18.2 Å². The predicted octanol–water partition coefficient (Wildman–Crippen LogP) is 3.31. The molecule has 1 aromatic heterocycles. The Kier molecular flexibility index (Phi) is 4.56. The molecule has 1 heterocycles. The van der Waals surface area contributed by atoms with Crippen molar-refractivity contribution in [3.8, 4) is 6.07 Å². The van der Waals surface area contributed by atoms with Crippen LogP contribution in [-0.4, -0.2) is 16.5 Å². The highest BCUT2D eigenvalue weighted by Gasteiger charge is 2.00. The fourth-order valence-corrected chi connectivity index (χ4v) is 2.18. The van der Waals surface area contributed by atoms with Crippen molar-refractivity contribution in [1.82, 2.24) is 9.97 Å². The number of nitriles is 1. The highest BCUT2D eigenvalue weighted by Crippen LogP contribution is 2.19. The summed E-state index contributed by atoms with van der Waals surface area (Å²) in [6.07, 6.45) is 2.11. The number of hydrogen-bond acceptors (Lipinski definition) is 4. The summed E-state index contributed by atoms with van der Waals surface area (Å²) in [5.41, 5.74) is 1.38. The highest BCUT2D eigenvalue weighted by atomic mass is 35.5. The molecule has 0 radical (unpaired) electrons. The van der Waals surface area contributed by atoms with E-state index in [0.717, 1.165) is 12.0 Å². The van der Waals surface area contributed by atoms with Gasteiger partial charge in [0.15, 0.2) is 0 Å². The van der Waals surface area contributed by atoms with Crippen molar-refractivity contribution in [3.63, 3.8) is 0 Å². The van der Waals surface area contributed by atoms with E-state index < -0.39 is 0 Å². The zero-order valence-electron chi connectivity index (χ0n) is 9.90. The van der Waals surface area contributed by atoms with Gasteiger partial charge in [-0.05, 0) is 30.2 Å². The molecule has 0 aliphatic heterocycles. The summed E-state index contributed by atoms with van der Waals surface area (Å²) in [6.45, 7) is 0.665. The fraction of sp³-hybridized carbons (Fsp3) is 0.154. The summed E-state index contributed by atoms with van der Waals surface area (Å²) in [5, 5.41) is 13.1. The van der Waals surface area contributed by atoms with Crippen LogP contribution in [0.5, 0.6) is 0 Å². The molecule has 1 aromatic carbocycles. The molecule has 0 atom stereocenters. The van der Waals surface area contributed by atoms with Crippen molar-refractivity contribution in [2.75, 3.05) is 11.9 Å². The number of aromatic nitrogens is 2. The average molecular weight is 293 g/mol. The van der Waals surface area contributed by atoms with E-state index in [2.05, 4.69) is 15.3 Å². The normalized spacial score (nSPS) is 9.95. The number of hydrogen-bond donors (Lipinski definition) is 1. The molecule has 2 aromatic rings. The number of anilines is 1. The van der Waals surface area contributed by atoms with Crippen LogP contribution in [0.15, 0.2) is 30.6 Å². The first-order chi connectivity index (χ1) is 9.17. The monoisotopic (exact) mass is 292 g/mol. The van der Waals surface area contributed by atoms with E-state index in [1.165, 1.54) is 6.33 Å². The zero-order chi connectivity index (χ0) is 13.7. The second-order valence-electron chi connectivity index (χ2n) is 3.85. The van der Waals surface area contributed by atoms with Crippen LogP contribution in [-0.2, 0) is 6.42 Å². The first-order valence-electron chi connectivity index (χ1n) is 5.58. The minimum atomic E-state index is 0.336. The molecule has 0 aliphatic rings. The first kappa shape index (κ1) is 13.6. The second-order valence-corrected chi connectivity index (χ2v) is 4.73. The van der Waals surface area contributed by atoms with Crippen LogP contribution in [0, 0.1) is 11.3 Å². The van der Waals surface area contributed by atoms with Crippen LogP contribution in [0.25, 0.3) is 0 Å². The van der Waals surface area contributed by atoms with Crippen molar-refractivity contribution >= 4 is 29.0 Å². The topological polar surface area (TPSA) is 61.6 Å². The summed E-state index contributed by atoms with van der Waals surface area (Å²) < 4.78 is 0. The Morgan fingerprint density at radius 1 is 1.11 bits per heavy atom. The molecule has 0 bridgehead atoms. The van der Waals surface area contributed by atoms with Gasteiger partial charge in [0.05, 0.1) is 0 Å². The lowest BCUT2D eigenvalue weighted by atomic mass is 10.1. The fourth-order valence-electron chi connectivity index (χ4n) is 1.61. The molecule has 6 heteroatoms. The molecule has 0 fully saturated rings. The Labute approximate surface area is 121 Å². The number of nitrogens with one attached hydrogen (secondary N) is 1. The van der Waals surface area contributed by atoms with Crippen LogP contribution in [0.1, 0.15) is 11.3 Å². The van der Waals surface area contributed by atoms with Crippen molar-refractivity contribution in [2.45, 2.75) is 6.42 Å². The molecule has 1 N–H and O–H groups in total. The maximum atomic E-state index is 8.73. The molecule has 0 aliphatic carbocycles. The third-order valence-electron chi connectivity index (χ3n) is 2.42. The molecule has 0 saturated carbocycles. The van der Waals surface area contributed by atoms with Gasteiger partial charge in [-0.25, -0.2) is 9.97 Å². The third-order valence-corrected chi connectivity index (χ3v) is 2.86. The van der Waals surface area contributed by atoms with Gasteiger partial charge < -0.3 is 5.32 Å². The first-order valence-corrected chi connectivity index (χ1v) is 6.34. The highest BCUT2D eigenvalue weighted by molar-refractivity contribution is 6.34. The minimum Gasteiger partial charge on any atom is -0.370 e. The molecule has 0 spiro atoms. The van der Waals surface area contributed by atoms with Gasteiger partial charge in [-0.2, -0.15) is 5.26 Å². The van der Waals surface area contributed by atoms with Gasteiger partial charge in [0.2, 0.25) is 0 Å². The summed E-state index contributed by atoms with van der Waals surface area (Å²) in [7, 11) is 0. The van der Waals surface area contributed by atoms with Crippen LogP contribution < -0.4 is 5.32 Å². The van der Waals surface area contributed by atoms with Crippen molar-refractivity contribution < 1.29 is 0 Å². The van der Waals surface area contributed by atoms with E-state index in [0.29, 0.717) is 28.1 Å². The lowest BCUT2D eigenvalue weighted by Crippen LogP contribution is -2.06. The van der Waals surface area contributed by atoms with E-state index in [4.69, 9.17) is 28.5 Å². The van der Waals surface area contributed by atoms with E-state index in [-0.39, 0.29) is 0 Å². The summed E-state index contributed by atoms with van der Waals surface area (Å²) in [4.78, 5) is 7.83. The molecule has 0 amide bonds. The smallest absolute Gasteiger partial charge is 0.145 e. The number of nitrogens with zero attached hydrogens (tertiary/aromatic N) is 3. The van der Waals surface area contributed by atoms with Gasteiger partial charge in [0.25, 0.3) is 0 Å². The van der Waals surface area contributed by atoms with Crippen LogP contribution >= 0.6 is 23.2 Å².